The van der Waals surface area contributed by atoms with Crippen molar-refractivity contribution in [2.75, 3.05) is 4.90 Å². The van der Waals surface area contributed by atoms with Crippen molar-refractivity contribution in [3.63, 3.8) is 0 Å². The summed E-state index contributed by atoms with van der Waals surface area (Å²) in [5.74, 6) is 0. The summed E-state index contributed by atoms with van der Waals surface area (Å²) in [5.41, 5.74) is 0.644. The van der Waals surface area contributed by atoms with E-state index in [1.165, 1.54) is 6.07 Å². The molecule has 0 bridgehead atoms. The summed E-state index contributed by atoms with van der Waals surface area (Å²) in [6, 6.07) is 15.2. The Morgan fingerprint density at radius 3 is 1.55 bits per heavy atom. The highest BCUT2D eigenvalue weighted by Gasteiger charge is 2.45. The second-order valence-electron chi connectivity index (χ2n) is 4.11. The molecule has 0 aliphatic carbocycles. The van der Waals surface area contributed by atoms with Crippen molar-refractivity contribution in [2.45, 2.75) is 12.2 Å². The van der Waals surface area contributed by atoms with Gasteiger partial charge in [0.15, 0.2) is 0 Å². The van der Waals surface area contributed by atoms with E-state index in [0.29, 0.717) is 11.4 Å². The highest BCUT2D eigenvalue weighted by Crippen LogP contribution is 2.34. The smallest absolute Gasteiger partial charge is 0.317 e. The van der Waals surface area contributed by atoms with E-state index in [4.69, 9.17) is 5.26 Å². The number of benzene rings is 2. The zero-order valence-corrected chi connectivity index (χ0v) is 10.4. The molecule has 1 atom stereocenters. The average molecular weight is 276 g/mol. The summed E-state index contributed by atoms with van der Waals surface area (Å²) in [4.78, 5) is 0.986. The number of alkyl halides is 3. The van der Waals surface area contributed by atoms with Gasteiger partial charge in [0.25, 0.3) is 0 Å². The molecule has 2 aromatic rings. The maximum atomic E-state index is 13.1. The summed E-state index contributed by atoms with van der Waals surface area (Å²) >= 11 is 0. The van der Waals surface area contributed by atoms with E-state index in [-0.39, 0.29) is 0 Å². The Hall–Kier alpha value is -2.48. The fraction of sp³-hybridized carbons (Fsp3) is 0.133. The van der Waals surface area contributed by atoms with Crippen LogP contribution in [0, 0.1) is 11.3 Å². The number of halogens is 3. The van der Waals surface area contributed by atoms with Crippen LogP contribution in [0.15, 0.2) is 60.7 Å². The Morgan fingerprint density at radius 1 is 0.850 bits per heavy atom. The molecule has 0 radical (unpaired) electrons. The molecule has 5 heteroatoms. The normalized spacial score (nSPS) is 12.5. The molecule has 1 unspecified atom stereocenters. The first-order valence-electron chi connectivity index (χ1n) is 5.89. The number of nitrogens with zero attached hydrogens (tertiary/aromatic N) is 2. The predicted octanol–water partition coefficient (Wildman–Crippen LogP) is 4.28. The molecule has 0 aliphatic rings. The van der Waals surface area contributed by atoms with Gasteiger partial charge in [0, 0.05) is 11.4 Å². The number of nitriles is 1. The van der Waals surface area contributed by atoms with Crippen molar-refractivity contribution in [3.8, 4) is 6.07 Å². The Bertz CT molecular complexity index is 549. The van der Waals surface area contributed by atoms with Crippen LogP contribution in [0.25, 0.3) is 0 Å². The van der Waals surface area contributed by atoms with Gasteiger partial charge in [0.05, 0.1) is 6.07 Å². The minimum atomic E-state index is -4.64. The molecule has 0 aliphatic heterocycles. The van der Waals surface area contributed by atoms with E-state index in [1.807, 2.05) is 0 Å². The second kappa shape index (κ2) is 5.66. The van der Waals surface area contributed by atoms with Gasteiger partial charge in [-0.15, -0.1) is 0 Å². The Kier molecular flexibility index (Phi) is 3.94. The molecule has 2 rings (SSSR count). The lowest BCUT2D eigenvalue weighted by Gasteiger charge is -2.30. The molecular formula is C15H11F3N2. The fourth-order valence-corrected chi connectivity index (χ4v) is 1.90. The summed E-state index contributed by atoms with van der Waals surface area (Å²) < 4.78 is 39.2. The molecule has 0 fully saturated rings. The third-order valence-electron chi connectivity index (χ3n) is 2.76. The molecule has 0 N–H and O–H groups in total. The summed E-state index contributed by atoms with van der Waals surface area (Å²) in [5, 5.41) is 8.94. The van der Waals surface area contributed by atoms with E-state index < -0.39 is 12.2 Å². The SMILES string of the molecule is N#CC(N(c1ccccc1)c1ccccc1)C(F)(F)F. The first-order valence-corrected chi connectivity index (χ1v) is 5.89. The fourth-order valence-electron chi connectivity index (χ4n) is 1.90. The zero-order chi connectivity index (χ0) is 14.6. The number of rotatable bonds is 3. The molecule has 0 heterocycles. The number of para-hydroxylation sites is 2. The van der Waals surface area contributed by atoms with Crippen LogP contribution in [-0.2, 0) is 0 Å². The van der Waals surface area contributed by atoms with E-state index in [1.54, 1.807) is 60.7 Å². The van der Waals surface area contributed by atoms with Crippen molar-refractivity contribution in [2.24, 2.45) is 0 Å². The molecule has 0 saturated carbocycles. The standard InChI is InChI=1S/C15H11F3N2/c16-15(17,18)14(11-19)20(12-7-3-1-4-8-12)13-9-5-2-6-10-13/h1-10,14H. The zero-order valence-electron chi connectivity index (χ0n) is 10.4. The summed E-state index contributed by atoms with van der Waals surface area (Å²) in [6.07, 6.45) is -4.64. The lowest BCUT2D eigenvalue weighted by atomic mass is 10.1. The number of hydrogen-bond donors (Lipinski definition) is 0. The van der Waals surface area contributed by atoms with Gasteiger partial charge >= 0.3 is 6.18 Å². The van der Waals surface area contributed by atoms with Crippen molar-refractivity contribution < 1.29 is 13.2 Å². The Labute approximate surface area is 114 Å². The monoisotopic (exact) mass is 276 g/mol. The van der Waals surface area contributed by atoms with E-state index >= 15 is 0 Å². The highest BCUT2D eigenvalue weighted by atomic mass is 19.4. The Morgan fingerprint density at radius 2 is 1.25 bits per heavy atom. The maximum Gasteiger partial charge on any atom is 0.422 e. The minimum absolute atomic E-state index is 0.322. The first kappa shape index (κ1) is 13.9. The topological polar surface area (TPSA) is 27.0 Å². The number of anilines is 2. The highest BCUT2D eigenvalue weighted by molar-refractivity contribution is 5.65. The molecule has 20 heavy (non-hydrogen) atoms. The lowest BCUT2D eigenvalue weighted by molar-refractivity contribution is -0.134. The molecule has 0 spiro atoms. The largest absolute Gasteiger partial charge is 0.422 e. The summed E-state index contributed by atoms with van der Waals surface area (Å²) in [7, 11) is 0. The third kappa shape index (κ3) is 2.91. The van der Waals surface area contributed by atoms with E-state index in [9.17, 15) is 13.2 Å². The van der Waals surface area contributed by atoms with Crippen LogP contribution in [-0.4, -0.2) is 12.2 Å². The average Bonchev–Trinajstić information content (AvgIpc) is 2.45. The van der Waals surface area contributed by atoms with Gasteiger partial charge in [-0.05, 0) is 24.3 Å². The van der Waals surface area contributed by atoms with Crippen LogP contribution in [0.4, 0.5) is 24.5 Å². The van der Waals surface area contributed by atoms with E-state index in [0.717, 1.165) is 4.90 Å². The lowest BCUT2D eigenvalue weighted by Crippen LogP contribution is -2.42. The molecule has 2 nitrogen and oxygen atoms in total. The molecule has 0 saturated heterocycles. The van der Waals surface area contributed by atoms with Gasteiger partial charge < -0.3 is 4.90 Å². The van der Waals surface area contributed by atoms with Gasteiger partial charge in [0.1, 0.15) is 0 Å². The molecule has 2 aromatic carbocycles. The molecular weight excluding hydrogens is 265 g/mol. The van der Waals surface area contributed by atoms with Crippen molar-refractivity contribution in [3.05, 3.63) is 60.7 Å². The predicted molar refractivity (Wildman–Crippen MR) is 70.5 cm³/mol. The van der Waals surface area contributed by atoms with Crippen LogP contribution in [0.2, 0.25) is 0 Å². The maximum absolute atomic E-state index is 13.1. The minimum Gasteiger partial charge on any atom is -0.317 e. The van der Waals surface area contributed by atoms with Crippen molar-refractivity contribution in [1.29, 1.82) is 5.26 Å². The van der Waals surface area contributed by atoms with E-state index in [2.05, 4.69) is 0 Å². The van der Waals surface area contributed by atoms with Crippen LogP contribution in [0.5, 0.6) is 0 Å². The van der Waals surface area contributed by atoms with Gasteiger partial charge in [-0.2, -0.15) is 18.4 Å². The van der Waals surface area contributed by atoms with Crippen molar-refractivity contribution >= 4 is 11.4 Å². The first-order chi connectivity index (χ1) is 9.54. The third-order valence-corrected chi connectivity index (χ3v) is 2.76. The van der Waals surface area contributed by atoms with Crippen LogP contribution in [0.3, 0.4) is 0 Å². The van der Waals surface area contributed by atoms with Gasteiger partial charge in [0.2, 0.25) is 6.04 Å². The molecule has 0 amide bonds. The Balaban J connectivity index is 2.54. The summed E-state index contributed by atoms with van der Waals surface area (Å²) in [6.45, 7) is 0. The van der Waals surface area contributed by atoms with Crippen LogP contribution < -0.4 is 4.90 Å². The van der Waals surface area contributed by atoms with Crippen LogP contribution in [0.1, 0.15) is 0 Å². The van der Waals surface area contributed by atoms with Gasteiger partial charge in [-0.1, -0.05) is 36.4 Å². The quantitative estimate of drug-likeness (QED) is 0.836. The molecule has 0 aromatic heterocycles. The second-order valence-corrected chi connectivity index (χ2v) is 4.11. The van der Waals surface area contributed by atoms with Crippen LogP contribution >= 0.6 is 0 Å². The van der Waals surface area contributed by atoms with Gasteiger partial charge in [-0.3, -0.25) is 0 Å². The van der Waals surface area contributed by atoms with Crippen molar-refractivity contribution in [1.82, 2.24) is 0 Å². The molecule has 102 valence electrons. The van der Waals surface area contributed by atoms with Gasteiger partial charge in [-0.25, -0.2) is 0 Å². The number of hydrogen-bond acceptors (Lipinski definition) is 2.